The molecule has 7 nitrogen and oxygen atoms in total. The average molecular weight is 1560 g/mol. The molecule has 12 aromatic rings. The molecule has 109 heavy (non-hydrogen) atoms. The minimum absolute atomic E-state index is 0.00509. The van der Waals surface area contributed by atoms with Crippen molar-refractivity contribution in [2.75, 3.05) is 31.5 Å². The molecule has 0 amide bonds. The Hall–Kier alpha value is -8.76. The van der Waals surface area contributed by atoms with E-state index in [0.29, 0.717) is 0 Å². The van der Waals surface area contributed by atoms with Crippen LogP contribution in [0.5, 0.6) is 11.5 Å². The first-order chi connectivity index (χ1) is 52.0. The Labute approximate surface area is 674 Å². The van der Waals surface area contributed by atoms with Crippen LogP contribution in [0, 0.1) is 104 Å². The van der Waals surface area contributed by atoms with Gasteiger partial charge in [-0.3, -0.25) is 14.4 Å². The van der Waals surface area contributed by atoms with Crippen LogP contribution < -0.4 is 20.6 Å². The van der Waals surface area contributed by atoms with E-state index < -0.39 is 0 Å². The molecule has 562 valence electrons. The highest BCUT2D eigenvalue weighted by Crippen LogP contribution is 2.43. The van der Waals surface area contributed by atoms with Crippen molar-refractivity contribution in [3.63, 3.8) is 0 Å². The maximum absolute atomic E-state index is 12.8. The Kier molecular flexibility index (Phi) is 30.3. The predicted octanol–water partition coefficient (Wildman–Crippen LogP) is 25.2. The summed E-state index contributed by atoms with van der Waals surface area (Å²) in [5.41, 5.74) is 35.9. The van der Waals surface area contributed by atoms with Crippen molar-refractivity contribution in [1.82, 2.24) is 0 Å². The SMILES string of the molecule is COc1cc(C)cc(N)c1.COc1cc(S)cc(CO)c1.Cc1cc(C)cc(S)c1.Cc1ccc(-c2csc3cc(C)cc(C)c3c2=O)cc1.Cc1ccc(C2=CSc3cc(C)cc(C)c3C2)cc1.Cc1ccc(C2CSc3cc(C)cc(C)c3C2=O)cc1.Cc1ccc(C2CSc3cc(C)cc(C)c3C2=O)cc1. The van der Waals surface area contributed by atoms with Crippen molar-refractivity contribution in [1.29, 1.82) is 0 Å². The largest absolute Gasteiger partial charge is 0.497 e. The number of aliphatic hydroxyl groups excluding tert-OH is 1. The van der Waals surface area contributed by atoms with E-state index in [1.165, 1.54) is 82.8 Å². The minimum atomic E-state index is -0.00509. The molecule has 3 aliphatic heterocycles. The van der Waals surface area contributed by atoms with Gasteiger partial charge < -0.3 is 20.3 Å². The highest BCUT2D eigenvalue weighted by Gasteiger charge is 2.32. The normalized spacial score (nSPS) is 13.7. The number of hydrogen-bond donors (Lipinski definition) is 4. The number of aliphatic hydroxyl groups is 1. The number of nitrogens with two attached hydrogens (primary N) is 1. The number of hydrogen-bond acceptors (Lipinski definition) is 13. The summed E-state index contributed by atoms with van der Waals surface area (Å²) in [6.45, 7) is 31.2. The van der Waals surface area contributed by atoms with Crippen molar-refractivity contribution in [2.24, 2.45) is 0 Å². The number of carbonyl (C=O) groups excluding carboxylic acids is 2. The molecule has 3 aliphatic rings. The summed E-state index contributed by atoms with van der Waals surface area (Å²) in [5, 5.41) is 13.9. The molecular weight excluding hydrogens is 1460 g/mol. The molecule has 13 heteroatoms. The molecule has 2 atom stereocenters. The van der Waals surface area contributed by atoms with Crippen LogP contribution in [0.3, 0.4) is 0 Å². The summed E-state index contributed by atoms with van der Waals surface area (Å²) in [4.78, 5) is 44.0. The van der Waals surface area contributed by atoms with Crippen LogP contribution in [-0.4, -0.2) is 42.4 Å². The number of aryl methyl sites for hydroxylation is 15. The third-order valence-corrected chi connectivity index (χ3v) is 23.7. The zero-order chi connectivity index (χ0) is 78.9. The molecule has 2 unspecified atom stereocenters. The van der Waals surface area contributed by atoms with Crippen LogP contribution in [-0.2, 0) is 13.0 Å². The third-order valence-electron chi connectivity index (χ3n) is 18.9. The van der Waals surface area contributed by atoms with Gasteiger partial charge in [0.05, 0.1) is 32.7 Å². The van der Waals surface area contributed by atoms with Crippen LogP contribution in [0.2, 0.25) is 0 Å². The number of thioether (sulfide) groups is 3. The molecule has 0 spiro atoms. The van der Waals surface area contributed by atoms with Crippen LogP contribution in [0.25, 0.3) is 26.8 Å². The molecule has 0 saturated heterocycles. The van der Waals surface area contributed by atoms with Crippen molar-refractivity contribution in [2.45, 2.75) is 153 Å². The average Bonchev–Trinajstić information content (AvgIpc) is 0.803. The number of anilines is 1. The number of fused-ring (bicyclic) bond motifs is 4. The van der Waals surface area contributed by atoms with Crippen LogP contribution in [0.4, 0.5) is 5.69 Å². The van der Waals surface area contributed by atoms with Gasteiger partial charge in [-0.05, 0) is 283 Å². The number of ether oxygens (including phenoxy) is 2. The van der Waals surface area contributed by atoms with Gasteiger partial charge in [0.15, 0.2) is 17.0 Å². The Morgan fingerprint density at radius 3 is 1.33 bits per heavy atom. The Morgan fingerprint density at radius 2 is 0.853 bits per heavy atom. The first-order valence-corrected chi connectivity index (χ1v) is 41.1. The Morgan fingerprint density at radius 1 is 0.431 bits per heavy atom. The fraction of sp³-hybridized carbons (Fsp3) is 0.240. The molecule has 0 bridgehead atoms. The molecule has 11 aromatic carbocycles. The molecule has 0 saturated carbocycles. The third kappa shape index (κ3) is 23.2. The van der Waals surface area contributed by atoms with Gasteiger partial charge in [0, 0.05) is 79.9 Å². The lowest BCUT2D eigenvalue weighted by Gasteiger charge is -2.25. The maximum Gasteiger partial charge on any atom is 0.196 e. The molecule has 1 aromatic heterocycles. The van der Waals surface area contributed by atoms with E-state index in [0.717, 1.165) is 126 Å². The lowest BCUT2D eigenvalue weighted by molar-refractivity contribution is 0.0954. The molecule has 0 fully saturated rings. The number of carbonyl (C=O) groups is 2. The molecule has 3 N–H and O–H groups in total. The number of rotatable bonds is 7. The van der Waals surface area contributed by atoms with Gasteiger partial charge >= 0.3 is 0 Å². The second-order valence-corrected chi connectivity index (χ2v) is 33.7. The maximum atomic E-state index is 12.8. The van der Waals surface area contributed by atoms with Crippen LogP contribution >= 0.6 is 71.9 Å². The number of Topliss-reactive ketones (excluding diaryl/α,β-unsaturated/α-hetero) is 2. The van der Waals surface area contributed by atoms with Crippen molar-refractivity contribution >= 4 is 105 Å². The topological polar surface area (TPSA) is 116 Å². The van der Waals surface area contributed by atoms with E-state index >= 15 is 0 Å². The van der Waals surface area contributed by atoms with Crippen molar-refractivity contribution in [3.05, 3.63) is 344 Å². The number of nitrogen functional groups attached to an aromatic ring is 1. The van der Waals surface area contributed by atoms with E-state index in [1.807, 2.05) is 105 Å². The second kappa shape index (κ2) is 39.2. The fourth-order valence-corrected chi connectivity index (χ4v) is 19.2. The van der Waals surface area contributed by atoms with Gasteiger partial charge in [-0.15, -0.1) is 60.1 Å². The number of methoxy groups -OCH3 is 2. The lowest BCUT2D eigenvalue weighted by atomic mass is 9.89. The lowest BCUT2D eigenvalue weighted by Crippen LogP contribution is -2.21. The van der Waals surface area contributed by atoms with Crippen molar-refractivity contribution < 1.29 is 24.2 Å². The van der Waals surface area contributed by atoms with Gasteiger partial charge in [-0.2, -0.15) is 0 Å². The Bertz CT molecular complexity index is 5100. The number of benzene rings is 11. The fourth-order valence-electron chi connectivity index (χ4n) is 13.5. The quantitative estimate of drug-likeness (QED) is 0.0908. The van der Waals surface area contributed by atoms with Gasteiger partial charge in [0.25, 0.3) is 0 Å². The highest BCUT2D eigenvalue weighted by molar-refractivity contribution is 8.02. The summed E-state index contributed by atoms with van der Waals surface area (Å²) in [7, 11) is 3.22. The van der Waals surface area contributed by atoms with Gasteiger partial charge in [-0.25, -0.2) is 0 Å². The van der Waals surface area contributed by atoms with E-state index in [2.05, 4.69) is 246 Å². The Balaban J connectivity index is 0.000000150. The second-order valence-electron chi connectivity index (χ2n) is 28.7. The molecular formula is C96H101NO6S6. The monoisotopic (exact) mass is 1560 g/mol. The van der Waals surface area contributed by atoms with E-state index in [9.17, 15) is 14.4 Å². The van der Waals surface area contributed by atoms with Gasteiger partial charge in [0.1, 0.15) is 11.5 Å². The summed E-state index contributed by atoms with van der Waals surface area (Å²) < 4.78 is 11.0. The first-order valence-electron chi connectivity index (χ1n) is 36.5. The zero-order valence-corrected chi connectivity index (χ0v) is 70.8. The standard InChI is InChI=1S/2C18H18OS.C18H16OS.C18H18S.C8H11NO.C8H10O2S.C8H10S/c3*1-11-4-6-14(7-5-11)15-10-20-16-9-12(2)8-13(3)17(16)18(15)19;1-12-4-6-15(7-5-12)16-10-17-14(3)8-13(2)9-18(17)19-11-16;1-6-3-7(9)5-8(4-6)10-2;1-10-7-2-6(5-9)3-8(11)4-7;1-6-3-7(2)5-8(9)4-6/h2*4-9,15H,10H2,1-3H3;4-10H,1-3H3;4-9,11H,10H2,1-3H3;3-5H,9H2,1-2H3;2-4,9,11H,5H2,1H3;3-5,9H,1-2H3. The number of thiol groups is 2. The highest BCUT2D eigenvalue weighted by atomic mass is 32.2. The zero-order valence-electron chi connectivity index (χ0n) is 65.8. The van der Waals surface area contributed by atoms with E-state index in [4.69, 9.17) is 20.3 Å². The van der Waals surface area contributed by atoms with E-state index in [-0.39, 0.29) is 35.4 Å². The molecule has 0 radical (unpaired) electrons. The van der Waals surface area contributed by atoms with Crippen LogP contribution in [0.15, 0.2) is 240 Å². The van der Waals surface area contributed by atoms with E-state index in [1.54, 1.807) is 49.8 Å². The minimum Gasteiger partial charge on any atom is -0.497 e. The summed E-state index contributed by atoms with van der Waals surface area (Å²) in [6.07, 6.45) is 1.05. The van der Waals surface area contributed by atoms with Crippen LogP contribution in [0.1, 0.15) is 144 Å². The van der Waals surface area contributed by atoms with Crippen molar-refractivity contribution in [3.8, 4) is 22.6 Å². The molecule has 0 aliphatic carbocycles. The first kappa shape index (κ1) is 84.3. The van der Waals surface area contributed by atoms with Gasteiger partial charge in [-0.1, -0.05) is 161 Å². The summed E-state index contributed by atoms with van der Waals surface area (Å²) >= 11 is 15.5. The van der Waals surface area contributed by atoms with Gasteiger partial charge in [0.2, 0.25) is 0 Å². The smallest absolute Gasteiger partial charge is 0.196 e. The summed E-state index contributed by atoms with van der Waals surface area (Å²) in [5.74, 6) is 3.78. The summed E-state index contributed by atoms with van der Waals surface area (Å²) in [6, 6.07) is 68.2. The predicted molar refractivity (Wildman–Crippen MR) is 474 cm³/mol. The number of allylic oxidation sites excluding steroid dienone is 1. The molecule has 15 rings (SSSR count). The molecule has 4 heterocycles. The number of ketones is 2.